The lowest BCUT2D eigenvalue weighted by atomic mass is 10.2. The molecule has 110 valence electrons. The minimum absolute atomic E-state index is 0.120. The Morgan fingerprint density at radius 2 is 1.91 bits per heavy atom. The SMILES string of the molecule is O=C(Nc1n[nH]c(-c2ccccn2)n1)c1cc(Cl)nc(Cl)c1. The summed E-state index contributed by atoms with van der Waals surface area (Å²) in [5.41, 5.74) is 0.875. The van der Waals surface area contributed by atoms with E-state index in [0.29, 0.717) is 11.5 Å². The highest BCUT2D eigenvalue weighted by Gasteiger charge is 2.13. The minimum atomic E-state index is -0.447. The molecule has 3 aromatic rings. The van der Waals surface area contributed by atoms with Crippen molar-refractivity contribution in [2.24, 2.45) is 0 Å². The topological polar surface area (TPSA) is 96.5 Å². The Labute approximate surface area is 134 Å². The smallest absolute Gasteiger partial charge is 0.258 e. The van der Waals surface area contributed by atoms with Crippen LogP contribution >= 0.6 is 23.2 Å². The van der Waals surface area contributed by atoms with Gasteiger partial charge in [-0.15, -0.1) is 5.10 Å². The van der Waals surface area contributed by atoms with Gasteiger partial charge in [0.25, 0.3) is 5.91 Å². The average Bonchev–Trinajstić information content (AvgIpc) is 2.95. The number of anilines is 1. The van der Waals surface area contributed by atoms with Gasteiger partial charge in [0.05, 0.1) is 0 Å². The molecule has 3 rings (SSSR count). The first-order valence-corrected chi connectivity index (χ1v) is 6.85. The molecule has 0 atom stereocenters. The molecule has 1 amide bonds. The Morgan fingerprint density at radius 1 is 1.14 bits per heavy atom. The molecular formula is C13H8Cl2N6O. The van der Waals surface area contributed by atoms with Crippen molar-refractivity contribution in [3.63, 3.8) is 0 Å². The zero-order valence-corrected chi connectivity index (χ0v) is 12.4. The van der Waals surface area contributed by atoms with Crippen molar-refractivity contribution in [3.05, 3.63) is 52.4 Å². The molecule has 3 heterocycles. The van der Waals surface area contributed by atoms with Crippen LogP contribution in [0.4, 0.5) is 5.95 Å². The number of nitrogens with zero attached hydrogens (tertiary/aromatic N) is 4. The van der Waals surface area contributed by atoms with E-state index in [1.165, 1.54) is 12.1 Å². The van der Waals surface area contributed by atoms with Crippen molar-refractivity contribution in [2.75, 3.05) is 5.32 Å². The fourth-order valence-corrected chi connectivity index (χ4v) is 2.17. The van der Waals surface area contributed by atoms with Crippen molar-refractivity contribution in [3.8, 4) is 11.5 Å². The molecule has 0 unspecified atom stereocenters. The van der Waals surface area contributed by atoms with Crippen LogP contribution < -0.4 is 5.32 Å². The van der Waals surface area contributed by atoms with Crippen molar-refractivity contribution in [2.45, 2.75) is 0 Å². The van der Waals surface area contributed by atoms with Crippen LogP contribution in [-0.2, 0) is 0 Å². The molecule has 22 heavy (non-hydrogen) atoms. The normalized spacial score (nSPS) is 10.5. The highest BCUT2D eigenvalue weighted by Crippen LogP contribution is 2.16. The predicted molar refractivity (Wildman–Crippen MR) is 81.8 cm³/mol. The van der Waals surface area contributed by atoms with E-state index in [0.717, 1.165) is 0 Å². The number of aromatic amines is 1. The molecule has 2 N–H and O–H groups in total. The number of hydrogen-bond donors (Lipinski definition) is 2. The lowest BCUT2D eigenvalue weighted by Gasteiger charge is -2.01. The Bertz CT molecular complexity index is 800. The Kier molecular flexibility index (Phi) is 3.99. The lowest BCUT2D eigenvalue weighted by molar-refractivity contribution is 0.102. The lowest BCUT2D eigenvalue weighted by Crippen LogP contribution is -2.13. The van der Waals surface area contributed by atoms with Crippen molar-refractivity contribution >= 4 is 35.1 Å². The summed E-state index contributed by atoms with van der Waals surface area (Å²) in [6, 6.07) is 8.18. The summed E-state index contributed by atoms with van der Waals surface area (Å²) in [6.45, 7) is 0. The fraction of sp³-hybridized carbons (Fsp3) is 0. The first-order chi connectivity index (χ1) is 10.6. The number of pyridine rings is 2. The van der Waals surface area contributed by atoms with Crippen LogP contribution in [-0.4, -0.2) is 31.1 Å². The second kappa shape index (κ2) is 6.08. The molecule has 0 radical (unpaired) electrons. The van der Waals surface area contributed by atoms with E-state index in [1.54, 1.807) is 18.3 Å². The van der Waals surface area contributed by atoms with Gasteiger partial charge in [-0.3, -0.25) is 20.2 Å². The number of amides is 1. The Balaban J connectivity index is 1.79. The van der Waals surface area contributed by atoms with Crippen molar-refractivity contribution in [1.29, 1.82) is 0 Å². The molecule has 0 aliphatic carbocycles. The highest BCUT2D eigenvalue weighted by atomic mass is 35.5. The van der Waals surface area contributed by atoms with Gasteiger partial charge in [-0.25, -0.2) is 4.98 Å². The van der Waals surface area contributed by atoms with E-state index < -0.39 is 5.91 Å². The van der Waals surface area contributed by atoms with Gasteiger partial charge in [0.2, 0.25) is 5.95 Å². The van der Waals surface area contributed by atoms with Crippen LogP contribution in [0.25, 0.3) is 11.5 Å². The van der Waals surface area contributed by atoms with Crippen molar-refractivity contribution in [1.82, 2.24) is 25.1 Å². The van der Waals surface area contributed by atoms with Gasteiger partial charge in [-0.2, -0.15) is 4.98 Å². The third-order valence-corrected chi connectivity index (χ3v) is 3.03. The van der Waals surface area contributed by atoms with Crippen LogP contribution in [0.3, 0.4) is 0 Å². The molecule has 0 bridgehead atoms. The van der Waals surface area contributed by atoms with Crippen LogP contribution in [0.5, 0.6) is 0 Å². The number of halogens is 2. The van der Waals surface area contributed by atoms with E-state index in [-0.39, 0.29) is 21.8 Å². The van der Waals surface area contributed by atoms with Crippen molar-refractivity contribution < 1.29 is 4.79 Å². The van der Waals surface area contributed by atoms with Crippen LogP contribution in [0.1, 0.15) is 10.4 Å². The molecule has 9 heteroatoms. The number of rotatable bonds is 3. The first-order valence-electron chi connectivity index (χ1n) is 6.10. The second-order valence-corrected chi connectivity index (χ2v) is 4.95. The Hall–Kier alpha value is -2.51. The number of aromatic nitrogens is 5. The van der Waals surface area contributed by atoms with E-state index >= 15 is 0 Å². The van der Waals surface area contributed by atoms with E-state index in [2.05, 4.69) is 30.5 Å². The number of nitrogens with one attached hydrogen (secondary N) is 2. The zero-order chi connectivity index (χ0) is 15.5. The molecule has 0 fully saturated rings. The molecule has 0 aliphatic heterocycles. The quantitative estimate of drug-likeness (QED) is 0.718. The summed E-state index contributed by atoms with van der Waals surface area (Å²) < 4.78 is 0. The average molecular weight is 335 g/mol. The summed E-state index contributed by atoms with van der Waals surface area (Å²) >= 11 is 11.5. The second-order valence-electron chi connectivity index (χ2n) is 4.18. The van der Waals surface area contributed by atoms with Gasteiger partial charge in [-0.05, 0) is 24.3 Å². The van der Waals surface area contributed by atoms with Crippen LogP contribution in [0.2, 0.25) is 10.3 Å². The van der Waals surface area contributed by atoms with Crippen LogP contribution in [0, 0.1) is 0 Å². The number of carbonyl (C=O) groups is 1. The summed E-state index contributed by atoms with van der Waals surface area (Å²) in [5, 5.41) is 9.40. The highest BCUT2D eigenvalue weighted by molar-refractivity contribution is 6.33. The predicted octanol–water partition coefficient (Wildman–Crippen LogP) is 2.82. The summed E-state index contributed by atoms with van der Waals surface area (Å²) in [4.78, 5) is 24.2. The summed E-state index contributed by atoms with van der Waals surface area (Å²) in [6.07, 6.45) is 1.64. The number of H-pyrrole nitrogens is 1. The summed E-state index contributed by atoms with van der Waals surface area (Å²) in [7, 11) is 0. The van der Waals surface area contributed by atoms with E-state index in [1.807, 2.05) is 6.07 Å². The number of carbonyl (C=O) groups excluding carboxylic acids is 1. The van der Waals surface area contributed by atoms with Gasteiger partial charge < -0.3 is 0 Å². The molecule has 0 saturated carbocycles. The van der Waals surface area contributed by atoms with Gasteiger partial charge in [0, 0.05) is 11.8 Å². The first kappa shape index (κ1) is 14.4. The molecular weight excluding hydrogens is 327 g/mol. The van der Waals surface area contributed by atoms with Gasteiger partial charge in [0.15, 0.2) is 5.82 Å². The molecule has 0 spiro atoms. The standard InChI is InChI=1S/C13H8Cl2N6O/c14-9-5-7(6-10(15)17-9)12(22)19-13-18-11(20-21-13)8-3-1-2-4-16-8/h1-6H,(H2,18,19,20,21,22). The van der Waals surface area contributed by atoms with Gasteiger partial charge in [-0.1, -0.05) is 29.3 Å². The largest absolute Gasteiger partial charge is 0.289 e. The zero-order valence-electron chi connectivity index (χ0n) is 10.9. The monoisotopic (exact) mass is 334 g/mol. The minimum Gasteiger partial charge on any atom is -0.289 e. The third-order valence-electron chi connectivity index (χ3n) is 2.64. The van der Waals surface area contributed by atoms with Gasteiger partial charge >= 0.3 is 0 Å². The van der Waals surface area contributed by atoms with E-state index in [4.69, 9.17) is 23.2 Å². The maximum Gasteiger partial charge on any atom is 0.258 e. The maximum atomic E-state index is 12.1. The fourth-order valence-electron chi connectivity index (χ4n) is 1.70. The molecule has 0 saturated heterocycles. The summed E-state index contributed by atoms with van der Waals surface area (Å²) in [5.74, 6) is 0.120. The van der Waals surface area contributed by atoms with Gasteiger partial charge in [0.1, 0.15) is 16.0 Å². The Morgan fingerprint density at radius 3 is 2.59 bits per heavy atom. The third kappa shape index (κ3) is 3.21. The van der Waals surface area contributed by atoms with Crippen LogP contribution in [0.15, 0.2) is 36.5 Å². The molecule has 3 aromatic heterocycles. The van der Waals surface area contributed by atoms with E-state index in [9.17, 15) is 4.79 Å². The number of hydrogen-bond acceptors (Lipinski definition) is 5. The molecule has 7 nitrogen and oxygen atoms in total. The maximum absolute atomic E-state index is 12.1. The molecule has 0 aliphatic rings. The molecule has 0 aromatic carbocycles.